The van der Waals surface area contributed by atoms with Gasteiger partial charge in [-0.05, 0) is 12.1 Å². The summed E-state index contributed by atoms with van der Waals surface area (Å²) >= 11 is 0. The molecule has 0 aromatic heterocycles. The maximum atomic E-state index is 11.6. The number of hydrogen-bond acceptors (Lipinski definition) is 3. The number of rotatable bonds is 7. The first-order valence-corrected chi connectivity index (χ1v) is 5.90. The number of amides is 1. The number of carbonyl (C=O) groups is 1. The Hall–Kier alpha value is -1.39. The van der Waals surface area contributed by atoms with E-state index in [1.54, 1.807) is 0 Å². The minimum absolute atomic E-state index is 0.0919. The first kappa shape index (κ1) is 13.7. The summed E-state index contributed by atoms with van der Waals surface area (Å²) in [5.74, 6) is -0.187. The van der Waals surface area contributed by atoms with Gasteiger partial charge in [0.05, 0.1) is 6.61 Å². The fourth-order valence-electron chi connectivity index (χ4n) is 1.32. The molecule has 4 heteroatoms. The van der Waals surface area contributed by atoms with E-state index in [0.717, 1.165) is 12.1 Å². The van der Waals surface area contributed by atoms with Gasteiger partial charge in [-0.15, -0.1) is 0 Å². The molecular weight excluding hydrogens is 216 g/mol. The lowest BCUT2D eigenvalue weighted by atomic mass is 10.2. The first-order chi connectivity index (χ1) is 8.24. The van der Waals surface area contributed by atoms with Gasteiger partial charge in [-0.1, -0.05) is 44.2 Å². The third kappa shape index (κ3) is 5.47. The van der Waals surface area contributed by atoms with Crippen molar-refractivity contribution in [3.8, 4) is 0 Å². The standard InChI is InChI=1S/C13H20N2O2/c1-3-14-9-11(2)13(16)15-17-10-12-7-5-4-6-8-12/h4-8,11,14H,3,9-10H2,1-2H3,(H,15,16). The van der Waals surface area contributed by atoms with Crippen LogP contribution < -0.4 is 10.8 Å². The maximum absolute atomic E-state index is 11.6. The Morgan fingerprint density at radius 2 is 2.06 bits per heavy atom. The Labute approximate surface area is 102 Å². The van der Waals surface area contributed by atoms with E-state index in [9.17, 15) is 4.79 Å². The summed E-state index contributed by atoms with van der Waals surface area (Å²) in [6.07, 6.45) is 0. The molecule has 0 aliphatic heterocycles. The molecule has 0 saturated carbocycles. The average molecular weight is 236 g/mol. The van der Waals surface area contributed by atoms with Crippen molar-refractivity contribution in [3.05, 3.63) is 35.9 Å². The predicted octanol–water partition coefficient (Wildman–Crippen LogP) is 1.48. The molecule has 2 N–H and O–H groups in total. The fourth-order valence-corrected chi connectivity index (χ4v) is 1.32. The minimum Gasteiger partial charge on any atom is -0.316 e. The Morgan fingerprint density at radius 1 is 1.35 bits per heavy atom. The molecule has 0 aliphatic rings. The van der Waals surface area contributed by atoms with Crippen molar-refractivity contribution in [1.82, 2.24) is 10.8 Å². The topological polar surface area (TPSA) is 50.4 Å². The molecule has 0 heterocycles. The highest BCUT2D eigenvalue weighted by molar-refractivity contribution is 5.77. The summed E-state index contributed by atoms with van der Waals surface area (Å²) in [6.45, 7) is 5.79. The summed E-state index contributed by atoms with van der Waals surface area (Å²) in [6, 6.07) is 9.73. The van der Waals surface area contributed by atoms with Crippen LogP contribution in [0.25, 0.3) is 0 Å². The van der Waals surface area contributed by atoms with E-state index in [-0.39, 0.29) is 11.8 Å². The van der Waals surface area contributed by atoms with E-state index in [0.29, 0.717) is 13.2 Å². The summed E-state index contributed by atoms with van der Waals surface area (Å²) in [5.41, 5.74) is 3.50. The fraction of sp³-hybridized carbons (Fsp3) is 0.462. The van der Waals surface area contributed by atoms with E-state index in [1.165, 1.54) is 0 Å². The van der Waals surface area contributed by atoms with Gasteiger partial charge in [-0.2, -0.15) is 0 Å². The molecule has 1 aromatic rings. The number of hydrogen-bond donors (Lipinski definition) is 2. The van der Waals surface area contributed by atoms with Gasteiger partial charge in [0, 0.05) is 12.5 Å². The second-order valence-electron chi connectivity index (χ2n) is 3.95. The largest absolute Gasteiger partial charge is 0.316 e. The number of carbonyl (C=O) groups excluding carboxylic acids is 1. The molecule has 1 aromatic carbocycles. The van der Waals surface area contributed by atoms with Crippen LogP contribution in [0, 0.1) is 5.92 Å². The third-order valence-corrected chi connectivity index (χ3v) is 2.40. The number of hydroxylamine groups is 1. The van der Waals surface area contributed by atoms with E-state index < -0.39 is 0 Å². The quantitative estimate of drug-likeness (QED) is 0.705. The summed E-state index contributed by atoms with van der Waals surface area (Å²) in [7, 11) is 0. The Morgan fingerprint density at radius 3 is 2.71 bits per heavy atom. The molecule has 0 bridgehead atoms. The van der Waals surface area contributed by atoms with E-state index in [2.05, 4.69) is 10.8 Å². The van der Waals surface area contributed by atoms with Crippen molar-refractivity contribution in [3.63, 3.8) is 0 Å². The lowest BCUT2D eigenvalue weighted by molar-refractivity contribution is -0.138. The maximum Gasteiger partial charge on any atom is 0.247 e. The summed E-state index contributed by atoms with van der Waals surface area (Å²) in [4.78, 5) is 16.7. The van der Waals surface area contributed by atoms with Gasteiger partial charge in [-0.3, -0.25) is 9.63 Å². The second kappa shape index (κ2) is 7.81. The van der Waals surface area contributed by atoms with Gasteiger partial charge in [-0.25, -0.2) is 5.48 Å². The normalized spacial score (nSPS) is 12.1. The highest BCUT2D eigenvalue weighted by atomic mass is 16.6. The van der Waals surface area contributed by atoms with Crippen molar-refractivity contribution >= 4 is 5.91 Å². The molecule has 94 valence electrons. The van der Waals surface area contributed by atoms with E-state index >= 15 is 0 Å². The lowest BCUT2D eigenvalue weighted by Gasteiger charge is -2.12. The van der Waals surface area contributed by atoms with Crippen molar-refractivity contribution < 1.29 is 9.63 Å². The lowest BCUT2D eigenvalue weighted by Crippen LogP contribution is -2.35. The molecule has 0 aliphatic carbocycles. The van der Waals surface area contributed by atoms with Crippen LogP contribution in [0.3, 0.4) is 0 Å². The molecule has 1 atom stereocenters. The molecule has 0 radical (unpaired) electrons. The summed E-state index contributed by atoms with van der Waals surface area (Å²) in [5, 5.41) is 3.12. The van der Waals surface area contributed by atoms with Crippen LogP contribution in [0.15, 0.2) is 30.3 Å². The van der Waals surface area contributed by atoms with E-state index in [1.807, 2.05) is 44.2 Å². The zero-order valence-corrected chi connectivity index (χ0v) is 10.4. The first-order valence-electron chi connectivity index (χ1n) is 5.90. The second-order valence-corrected chi connectivity index (χ2v) is 3.95. The van der Waals surface area contributed by atoms with Gasteiger partial charge in [0.15, 0.2) is 0 Å². The zero-order valence-electron chi connectivity index (χ0n) is 10.4. The van der Waals surface area contributed by atoms with Gasteiger partial charge >= 0.3 is 0 Å². The Kier molecular flexibility index (Phi) is 6.29. The van der Waals surface area contributed by atoms with Gasteiger partial charge in [0.2, 0.25) is 5.91 Å². The van der Waals surface area contributed by atoms with Crippen LogP contribution in [-0.4, -0.2) is 19.0 Å². The van der Waals surface area contributed by atoms with Crippen LogP contribution in [0.1, 0.15) is 19.4 Å². The molecule has 1 unspecified atom stereocenters. The summed E-state index contributed by atoms with van der Waals surface area (Å²) < 4.78 is 0. The number of nitrogens with one attached hydrogen (secondary N) is 2. The van der Waals surface area contributed by atoms with Crippen LogP contribution in [0.4, 0.5) is 0 Å². The molecule has 0 saturated heterocycles. The molecule has 0 fully saturated rings. The van der Waals surface area contributed by atoms with Gasteiger partial charge in [0.25, 0.3) is 0 Å². The Bertz CT molecular complexity index is 327. The molecule has 17 heavy (non-hydrogen) atoms. The Balaban J connectivity index is 2.20. The monoisotopic (exact) mass is 236 g/mol. The SMILES string of the molecule is CCNCC(C)C(=O)NOCc1ccccc1. The zero-order chi connectivity index (χ0) is 12.5. The highest BCUT2D eigenvalue weighted by Gasteiger charge is 2.11. The average Bonchev–Trinajstić information content (AvgIpc) is 2.37. The van der Waals surface area contributed by atoms with Crippen molar-refractivity contribution in [1.29, 1.82) is 0 Å². The minimum atomic E-state index is -0.0955. The van der Waals surface area contributed by atoms with Crippen LogP contribution >= 0.6 is 0 Å². The van der Waals surface area contributed by atoms with Gasteiger partial charge < -0.3 is 5.32 Å². The smallest absolute Gasteiger partial charge is 0.247 e. The highest BCUT2D eigenvalue weighted by Crippen LogP contribution is 1.99. The van der Waals surface area contributed by atoms with Crippen molar-refractivity contribution in [2.75, 3.05) is 13.1 Å². The molecular formula is C13H20N2O2. The van der Waals surface area contributed by atoms with Crippen LogP contribution in [-0.2, 0) is 16.2 Å². The van der Waals surface area contributed by atoms with Crippen LogP contribution in [0.2, 0.25) is 0 Å². The van der Waals surface area contributed by atoms with Crippen molar-refractivity contribution in [2.45, 2.75) is 20.5 Å². The molecule has 1 rings (SSSR count). The number of benzene rings is 1. The van der Waals surface area contributed by atoms with Gasteiger partial charge in [0.1, 0.15) is 0 Å². The molecule has 1 amide bonds. The predicted molar refractivity (Wildman–Crippen MR) is 67.1 cm³/mol. The molecule has 0 spiro atoms. The third-order valence-electron chi connectivity index (χ3n) is 2.40. The van der Waals surface area contributed by atoms with Crippen molar-refractivity contribution in [2.24, 2.45) is 5.92 Å². The molecule has 4 nitrogen and oxygen atoms in total. The van der Waals surface area contributed by atoms with Crippen LogP contribution in [0.5, 0.6) is 0 Å². The van der Waals surface area contributed by atoms with E-state index in [4.69, 9.17) is 4.84 Å².